The van der Waals surface area contributed by atoms with Crippen LogP contribution >= 0.6 is 0 Å². The molecule has 2 atom stereocenters. The number of hydrogen-bond acceptors (Lipinski definition) is 3. The second-order valence-electron chi connectivity index (χ2n) is 6.68. The van der Waals surface area contributed by atoms with E-state index < -0.39 is 0 Å². The van der Waals surface area contributed by atoms with Gasteiger partial charge in [-0.25, -0.2) is 0 Å². The molecule has 2 N–H and O–H groups in total. The molecule has 1 saturated carbocycles. The molecule has 0 spiro atoms. The van der Waals surface area contributed by atoms with Crippen molar-refractivity contribution in [2.24, 2.45) is 0 Å². The number of nitrogens with zero attached hydrogens (tertiary/aromatic N) is 1. The highest BCUT2D eigenvalue weighted by Gasteiger charge is 2.41. The second-order valence-corrected chi connectivity index (χ2v) is 6.68. The number of fused-ring (bicyclic) bond motifs is 3. The van der Waals surface area contributed by atoms with E-state index in [4.69, 9.17) is 0 Å². The number of rotatable bonds is 1. The van der Waals surface area contributed by atoms with Crippen molar-refractivity contribution in [1.82, 2.24) is 4.90 Å². The van der Waals surface area contributed by atoms with Gasteiger partial charge < -0.3 is 10.2 Å². The van der Waals surface area contributed by atoms with E-state index >= 15 is 0 Å². The average Bonchev–Trinajstić information content (AvgIpc) is 2.41. The van der Waals surface area contributed by atoms with Crippen LogP contribution in [0.4, 0.5) is 0 Å². The molecule has 0 bridgehead atoms. The Labute approximate surface area is 120 Å². The maximum atomic E-state index is 10.1. The third-order valence-electron chi connectivity index (χ3n) is 5.75. The summed E-state index contributed by atoms with van der Waals surface area (Å²) in [5.41, 5.74) is 2.29. The number of piperidine rings is 1. The topological polar surface area (TPSA) is 43.7 Å². The summed E-state index contributed by atoms with van der Waals surface area (Å²) in [5.74, 6) is 0.718. The molecule has 3 heteroatoms. The van der Waals surface area contributed by atoms with Gasteiger partial charge in [0.25, 0.3) is 0 Å². The van der Waals surface area contributed by atoms with Crippen LogP contribution in [-0.2, 0) is 6.42 Å². The van der Waals surface area contributed by atoms with Gasteiger partial charge in [-0.15, -0.1) is 0 Å². The molecular weight excluding hydrogens is 250 g/mol. The van der Waals surface area contributed by atoms with Crippen LogP contribution in [0.5, 0.6) is 11.5 Å². The maximum Gasteiger partial charge on any atom is 0.160 e. The van der Waals surface area contributed by atoms with E-state index in [-0.39, 0.29) is 11.5 Å². The van der Waals surface area contributed by atoms with Gasteiger partial charge in [-0.3, -0.25) is 4.90 Å². The molecular formula is C17H23NO2. The molecule has 2 aliphatic carbocycles. The summed E-state index contributed by atoms with van der Waals surface area (Å²) in [7, 11) is 0. The lowest BCUT2D eigenvalue weighted by Gasteiger charge is -2.50. The van der Waals surface area contributed by atoms with Crippen LogP contribution in [0.3, 0.4) is 0 Å². The highest BCUT2D eigenvalue weighted by atomic mass is 16.3. The third kappa shape index (κ3) is 1.76. The first kappa shape index (κ1) is 12.5. The van der Waals surface area contributed by atoms with Crippen molar-refractivity contribution in [2.45, 2.75) is 62.9 Å². The van der Waals surface area contributed by atoms with Crippen molar-refractivity contribution in [2.75, 3.05) is 6.54 Å². The Balaban J connectivity index is 1.68. The zero-order valence-corrected chi connectivity index (χ0v) is 11.9. The molecule has 3 nitrogen and oxygen atoms in total. The normalized spacial score (nSPS) is 30.4. The molecule has 108 valence electrons. The predicted octanol–water partition coefficient (Wildman–Crippen LogP) is 3.14. The van der Waals surface area contributed by atoms with Crippen LogP contribution < -0.4 is 0 Å². The van der Waals surface area contributed by atoms with Gasteiger partial charge in [0, 0.05) is 17.6 Å². The summed E-state index contributed by atoms with van der Waals surface area (Å²) >= 11 is 0. The standard InChI is InChI=1S/C17H23NO2/c19-16-9-7-12-13-5-2-10-18(11-3-1-4-11)15(13)8-6-14(12)17(16)20/h7,9,11,13,15,19-20H,1-6,8,10H2/t13-,15-/m0/s1. The fraction of sp³-hybridized carbons (Fsp3) is 0.647. The van der Waals surface area contributed by atoms with Gasteiger partial charge in [-0.05, 0) is 62.6 Å². The lowest BCUT2D eigenvalue weighted by atomic mass is 9.72. The summed E-state index contributed by atoms with van der Waals surface area (Å²) in [6, 6.07) is 5.19. The van der Waals surface area contributed by atoms with E-state index in [0.717, 1.165) is 24.4 Å². The van der Waals surface area contributed by atoms with E-state index in [1.807, 2.05) is 6.07 Å². The smallest absolute Gasteiger partial charge is 0.160 e. The van der Waals surface area contributed by atoms with Gasteiger partial charge >= 0.3 is 0 Å². The maximum absolute atomic E-state index is 10.1. The summed E-state index contributed by atoms with van der Waals surface area (Å²) in [4.78, 5) is 2.75. The van der Waals surface area contributed by atoms with Crippen LogP contribution in [-0.4, -0.2) is 33.7 Å². The van der Waals surface area contributed by atoms with Crippen molar-refractivity contribution in [3.8, 4) is 11.5 Å². The third-order valence-corrected chi connectivity index (χ3v) is 5.75. The summed E-state index contributed by atoms with van der Waals surface area (Å²) in [6.45, 7) is 1.26. The Morgan fingerprint density at radius 3 is 2.60 bits per heavy atom. The predicted molar refractivity (Wildman–Crippen MR) is 78.2 cm³/mol. The van der Waals surface area contributed by atoms with Crippen LogP contribution in [0.1, 0.15) is 55.6 Å². The minimum Gasteiger partial charge on any atom is -0.504 e. The van der Waals surface area contributed by atoms with Crippen LogP contribution in [0.2, 0.25) is 0 Å². The highest BCUT2D eigenvalue weighted by molar-refractivity contribution is 5.51. The molecule has 0 unspecified atom stereocenters. The number of likely N-dealkylation sites (tertiary alicyclic amines) is 1. The summed E-state index contributed by atoms with van der Waals surface area (Å²) in [6.07, 6.45) is 8.66. The van der Waals surface area contributed by atoms with E-state index in [2.05, 4.69) is 4.90 Å². The average molecular weight is 273 g/mol. The Kier molecular flexibility index (Phi) is 2.92. The number of phenols is 2. The number of hydrogen-bond donors (Lipinski definition) is 2. The molecule has 1 saturated heterocycles. The zero-order valence-electron chi connectivity index (χ0n) is 11.9. The minimum absolute atomic E-state index is 0.0360. The Bertz CT molecular complexity index is 524. The minimum atomic E-state index is 0.0360. The molecule has 0 aromatic heterocycles. The fourth-order valence-electron chi connectivity index (χ4n) is 4.53. The second kappa shape index (κ2) is 4.66. The van der Waals surface area contributed by atoms with E-state index in [1.165, 1.54) is 44.2 Å². The monoisotopic (exact) mass is 273 g/mol. The SMILES string of the molecule is Oc1ccc2c(c1O)CC[C@H]1[C@H]2CCCN1C1CCC1. The van der Waals surface area contributed by atoms with Crippen molar-refractivity contribution in [3.05, 3.63) is 23.3 Å². The number of benzene rings is 1. The van der Waals surface area contributed by atoms with Gasteiger partial charge in [0.05, 0.1) is 0 Å². The van der Waals surface area contributed by atoms with Gasteiger partial charge in [0.1, 0.15) is 0 Å². The van der Waals surface area contributed by atoms with E-state index in [9.17, 15) is 10.2 Å². The van der Waals surface area contributed by atoms with E-state index in [0.29, 0.717) is 12.0 Å². The largest absolute Gasteiger partial charge is 0.504 e. The molecule has 1 aromatic rings. The Morgan fingerprint density at radius 1 is 1.00 bits per heavy atom. The van der Waals surface area contributed by atoms with Gasteiger partial charge in [0.15, 0.2) is 11.5 Å². The van der Waals surface area contributed by atoms with Gasteiger partial charge in [0.2, 0.25) is 0 Å². The molecule has 0 amide bonds. The fourth-order valence-corrected chi connectivity index (χ4v) is 4.53. The first-order chi connectivity index (χ1) is 9.75. The first-order valence-electron chi connectivity index (χ1n) is 8.05. The van der Waals surface area contributed by atoms with Crippen LogP contribution in [0.15, 0.2) is 12.1 Å². The van der Waals surface area contributed by atoms with Crippen molar-refractivity contribution in [1.29, 1.82) is 0 Å². The number of phenolic OH excluding ortho intramolecular Hbond substituents is 2. The molecule has 4 rings (SSSR count). The zero-order chi connectivity index (χ0) is 13.7. The molecule has 20 heavy (non-hydrogen) atoms. The van der Waals surface area contributed by atoms with Crippen molar-refractivity contribution < 1.29 is 10.2 Å². The van der Waals surface area contributed by atoms with E-state index in [1.54, 1.807) is 6.07 Å². The lowest BCUT2D eigenvalue weighted by Crippen LogP contribution is -2.53. The van der Waals surface area contributed by atoms with Crippen LogP contribution in [0, 0.1) is 0 Å². The molecule has 1 aliphatic heterocycles. The number of aromatic hydroxyl groups is 2. The van der Waals surface area contributed by atoms with Crippen LogP contribution in [0.25, 0.3) is 0 Å². The molecule has 3 aliphatic rings. The Hall–Kier alpha value is -1.22. The summed E-state index contributed by atoms with van der Waals surface area (Å²) < 4.78 is 0. The summed E-state index contributed by atoms with van der Waals surface area (Å²) in [5, 5.41) is 19.8. The van der Waals surface area contributed by atoms with Crippen molar-refractivity contribution in [3.63, 3.8) is 0 Å². The molecule has 2 fully saturated rings. The first-order valence-corrected chi connectivity index (χ1v) is 8.05. The lowest BCUT2D eigenvalue weighted by molar-refractivity contribution is 0.0308. The van der Waals surface area contributed by atoms with Crippen molar-refractivity contribution >= 4 is 0 Å². The molecule has 1 heterocycles. The van der Waals surface area contributed by atoms with Gasteiger partial charge in [-0.2, -0.15) is 0 Å². The molecule has 1 aromatic carbocycles. The highest BCUT2D eigenvalue weighted by Crippen LogP contribution is 2.47. The quantitative estimate of drug-likeness (QED) is 0.773. The Morgan fingerprint density at radius 2 is 1.85 bits per heavy atom. The molecule has 0 radical (unpaired) electrons. The van der Waals surface area contributed by atoms with Gasteiger partial charge in [-0.1, -0.05) is 12.5 Å².